The molecule has 0 amide bonds. The van der Waals surface area contributed by atoms with Crippen molar-refractivity contribution < 1.29 is 47.6 Å². The molecule has 0 spiro atoms. The molecule has 2 atom stereocenters. The first kappa shape index (κ1) is 29.1. The fourth-order valence-corrected chi connectivity index (χ4v) is 4.18. The molecular weight excluding hydrogens is 359 g/mol. The third-order valence-corrected chi connectivity index (χ3v) is 6.45. The predicted molar refractivity (Wildman–Crippen MR) is 105 cm³/mol. The van der Waals surface area contributed by atoms with Gasteiger partial charge in [0.05, 0.1) is 16.2 Å². The Morgan fingerprint density at radius 2 is 1.12 bits per heavy atom. The third kappa shape index (κ3) is 18.2. The smallest absolute Gasteiger partial charge is 0.748 e. The standard InChI is InChI=1S/C20H42O4S.Na/c1-3-5-6-7-8-9-10-11-12-13-16-19(21)17-14-15-18-20(4-2)25(22,23)24;/h19-21H,3-18H2,1-2H3,(H,22,23,24);/q;+1/p-1. The van der Waals surface area contributed by atoms with E-state index >= 15 is 0 Å². The monoisotopic (exact) mass is 400 g/mol. The normalized spacial score (nSPS) is 14.0. The van der Waals surface area contributed by atoms with Crippen LogP contribution in [0.15, 0.2) is 0 Å². The van der Waals surface area contributed by atoms with Crippen LogP contribution in [-0.4, -0.2) is 29.4 Å². The zero-order chi connectivity index (χ0) is 19.0. The number of aliphatic hydroxyl groups excluding tert-OH is 1. The maximum absolute atomic E-state index is 11.0. The second kappa shape index (κ2) is 19.2. The molecule has 0 saturated heterocycles. The summed E-state index contributed by atoms with van der Waals surface area (Å²) in [5.41, 5.74) is 0. The van der Waals surface area contributed by atoms with Gasteiger partial charge in [-0.3, -0.25) is 0 Å². The van der Waals surface area contributed by atoms with Gasteiger partial charge in [0.15, 0.2) is 0 Å². The average Bonchev–Trinajstić information content (AvgIpc) is 2.55. The average molecular weight is 401 g/mol. The summed E-state index contributed by atoms with van der Waals surface area (Å²) < 4.78 is 33.0. The molecule has 152 valence electrons. The largest absolute Gasteiger partial charge is 1.00 e. The van der Waals surface area contributed by atoms with Crippen LogP contribution in [0.25, 0.3) is 0 Å². The minimum atomic E-state index is -4.16. The van der Waals surface area contributed by atoms with Crippen molar-refractivity contribution in [1.29, 1.82) is 0 Å². The first-order valence-corrected chi connectivity index (χ1v) is 12.0. The summed E-state index contributed by atoms with van der Waals surface area (Å²) in [5.74, 6) is 0. The molecule has 0 saturated carbocycles. The topological polar surface area (TPSA) is 77.4 Å². The van der Waals surface area contributed by atoms with E-state index in [0.29, 0.717) is 25.7 Å². The molecule has 6 heteroatoms. The van der Waals surface area contributed by atoms with Crippen LogP contribution in [0.5, 0.6) is 0 Å². The molecule has 1 N–H and O–H groups in total. The molecule has 26 heavy (non-hydrogen) atoms. The number of hydrogen-bond donors (Lipinski definition) is 1. The third-order valence-electron chi connectivity index (χ3n) is 5.07. The van der Waals surface area contributed by atoms with Gasteiger partial charge in [-0.05, 0) is 25.7 Å². The zero-order valence-corrected chi connectivity index (χ0v) is 20.4. The zero-order valence-electron chi connectivity index (χ0n) is 17.5. The molecule has 0 aromatic heterocycles. The molecule has 0 aliphatic heterocycles. The Kier molecular flexibility index (Phi) is 21.5. The van der Waals surface area contributed by atoms with Gasteiger partial charge in [-0.2, -0.15) is 0 Å². The second-order valence-corrected chi connectivity index (χ2v) is 9.08. The number of aliphatic hydroxyl groups is 1. The molecule has 4 nitrogen and oxygen atoms in total. The summed E-state index contributed by atoms with van der Waals surface area (Å²) in [6.45, 7) is 3.98. The molecule has 2 unspecified atom stereocenters. The molecule has 0 rings (SSSR count). The van der Waals surface area contributed by atoms with Crippen molar-refractivity contribution >= 4 is 10.1 Å². The van der Waals surface area contributed by atoms with Crippen molar-refractivity contribution in [3.05, 3.63) is 0 Å². The maximum Gasteiger partial charge on any atom is 1.00 e. The summed E-state index contributed by atoms with van der Waals surface area (Å²) in [5, 5.41) is 9.22. The van der Waals surface area contributed by atoms with E-state index in [2.05, 4.69) is 6.92 Å². The van der Waals surface area contributed by atoms with Crippen LogP contribution >= 0.6 is 0 Å². The van der Waals surface area contributed by atoms with Crippen molar-refractivity contribution in [3.8, 4) is 0 Å². The second-order valence-electron chi connectivity index (χ2n) is 7.43. The summed E-state index contributed by atoms with van der Waals surface area (Å²) in [6, 6.07) is 0. The van der Waals surface area contributed by atoms with Gasteiger partial charge in [0.1, 0.15) is 0 Å². The van der Waals surface area contributed by atoms with Crippen LogP contribution < -0.4 is 29.6 Å². The number of hydrogen-bond acceptors (Lipinski definition) is 4. The quantitative estimate of drug-likeness (QED) is 0.218. The molecule has 0 aliphatic carbocycles. The van der Waals surface area contributed by atoms with Crippen LogP contribution in [0, 0.1) is 0 Å². The summed E-state index contributed by atoms with van der Waals surface area (Å²) in [7, 11) is -4.16. The van der Waals surface area contributed by atoms with Crippen molar-refractivity contribution in [2.75, 3.05) is 0 Å². The van der Waals surface area contributed by atoms with Crippen molar-refractivity contribution in [2.45, 2.75) is 128 Å². The van der Waals surface area contributed by atoms with Gasteiger partial charge in [-0.25, -0.2) is 8.42 Å². The van der Waals surface area contributed by atoms with Gasteiger partial charge in [-0.15, -0.1) is 0 Å². The first-order valence-electron chi connectivity index (χ1n) is 10.5. The van der Waals surface area contributed by atoms with E-state index in [9.17, 15) is 18.1 Å². The van der Waals surface area contributed by atoms with Crippen LogP contribution in [0.2, 0.25) is 0 Å². The maximum atomic E-state index is 11.0. The van der Waals surface area contributed by atoms with Crippen LogP contribution in [0.4, 0.5) is 0 Å². The van der Waals surface area contributed by atoms with E-state index in [1.807, 2.05) is 0 Å². The minimum absolute atomic E-state index is 0. The molecule has 0 heterocycles. The van der Waals surface area contributed by atoms with E-state index < -0.39 is 15.4 Å². The summed E-state index contributed by atoms with van der Waals surface area (Å²) in [6.07, 6.45) is 16.5. The molecule has 0 radical (unpaired) electrons. The number of rotatable bonds is 18. The van der Waals surface area contributed by atoms with Crippen molar-refractivity contribution in [1.82, 2.24) is 0 Å². The molecule has 0 aliphatic rings. The van der Waals surface area contributed by atoms with E-state index in [1.54, 1.807) is 6.92 Å². The Labute approximate surface area is 185 Å². The Morgan fingerprint density at radius 1 is 0.731 bits per heavy atom. The molecule has 0 fully saturated rings. The molecule has 0 aromatic rings. The summed E-state index contributed by atoms with van der Waals surface area (Å²) in [4.78, 5) is 0. The first-order chi connectivity index (χ1) is 11.9. The van der Waals surface area contributed by atoms with Gasteiger partial charge >= 0.3 is 29.6 Å². The predicted octanol–water partition coefficient (Wildman–Crippen LogP) is 2.55. The van der Waals surface area contributed by atoms with E-state index in [-0.39, 0.29) is 35.7 Å². The molecule has 0 aromatic carbocycles. The fraction of sp³-hybridized carbons (Fsp3) is 1.00. The van der Waals surface area contributed by atoms with Crippen LogP contribution in [0.1, 0.15) is 117 Å². The van der Waals surface area contributed by atoms with E-state index in [0.717, 1.165) is 19.3 Å². The Bertz CT molecular complexity index is 387. The Balaban J connectivity index is 0. The van der Waals surface area contributed by atoms with Gasteiger partial charge in [0, 0.05) is 5.25 Å². The van der Waals surface area contributed by atoms with E-state index in [1.165, 1.54) is 57.8 Å². The SMILES string of the molecule is CCCCCCCCCCCCC(O)CCCCC(CC)S(=O)(=O)[O-].[Na+]. The van der Waals surface area contributed by atoms with Crippen molar-refractivity contribution in [2.24, 2.45) is 0 Å². The molecule has 0 bridgehead atoms. The van der Waals surface area contributed by atoms with E-state index in [4.69, 9.17) is 0 Å². The minimum Gasteiger partial charge on any atom is -0.748 e. The Hall–Kier alpha value is 0.870. The fourth-order valence-electron chi connectivity index (χ4n) is 3.32. The van der Waals surface area contributed by atoms with Crippen LogP contribution in [0.3, 0.4) is 0 Å². The van der Waals surface area contributed by atoms with Crippen LogP contribution in [-0.2, 0) is 10.1 Å². The molecular formula is C20H41NaO4S. The number of unbranched alkanes of at least 4 members (excludes halogenated alkanes) is 10. The Morgan fingerprint density at radius 3 is 1.54 bits per heavy atom. The van der Waals surface area contributed by atoms with Crippen molar-refractivity contribution in [3.63, 3.8) is 0 Å². The van der Waals surface area contributed by atoms with Gasteiger partial charge in [0.25, 0.3) is 0 Å². The summed E-state index contributed by atoms with van der Waals surface area (Å²) >= 11 is 0. The van der Waals surface area contributed by atoms with Gasteiger partial charge in [0.2, 0.25) is 0 Å². The van der Waals surface area contributed by atoms with Gasteiger partial charge in [-0.1, -0.05) is 90.9 Å². The van der Waals surface area contributed by atoms with Gasteiger partial charge < -0.3 is 9.66 Å².